The molecule has 0 spiro atoms. The average molecular weight is 380 g/mol. The average Bonchev–Trinajstić information content (AvgIpc) is 3.07. The quantitative estimate of drug-likeness (QED) is 0.540. The predicted octanol–water partition coefficient (Wildman–Crippen LogP) is 1.73. The van der Waals surface area contributed by atoms with Crippen LogP contribution in [0.15, 0.2) is 6.20 Å². The lowest BCUT2D eigenvalue weighted by Gasteiger charge is -2.41. The first-order valence-electron chi connectivity index (χ1n) is 10.0. The highest BCUT2D eigenvalue weighted by Gasteiger charge is 2.41. The van der Waals surface area contributed by atoms with Crippen LogP contribution in [0.3, 0.4) is 0 Å². The minimum absolute atomic E-state index is 0.00581. The van der Waals surface area contributed by atoms with E-state index in [1.165, 1.54) is 11.3 Å². The second-order valence-corrected chi connectivity index (χ2v) is 8.45. The molecule has 1 amide bonds. The Labute approximate surface area is 163 Å². The number of carbonyl (C=O) groups is 1. The van der Waals surface area contributed by atoms with Crippen molar-refractivity contribution in [3.63, 3.8) is 0 Å². The number of methoxy groups -OCH3 is 1. The first-order valence-corrected chi connectivity index (χ1v) is 10.0. The molecule has 1 fully saturated rings. The number of amides is 1. The zero-order valence-electron chi connectivity index (χ0n) is 17.6. The lowest BCUT2D eigenvalue weighted by Crippen LogP contribution is -2.43. The maximum absolute atomic E-state index is 12.8. The van der Waals surface area contributed by atoms with Gasteiger partial charge in [-0.15, -0.1) is 0 Å². The fourth-order valence-corrected chi connectivity index (χ4v) is 4.04. The second kappa shape index (κ2) is 10.2. The van der Waals surface area contributed by atoms with Gasteiger partial charge in [0.05, 0.1) is 12.8 Å². The molecule has 1 aromatic heterocycles. The zero-order chi connectivity index (χ0) is 19.9. The standard InChI is InChI=1S/C20H37N5O2/c1-20(2)7-6-15(12-17(20)19(26)22-9-11-27-5)18-16(13-23-24-18)14-25(4)10-8-21-3/h13,15,17,21H,6-12,14H2,1-5H3,(H,22,26)(H,23,24)/t15?,17-/m1/s1. The van der Waals surface area contributed by atoms with E-state index in [0.29, 0.717) is 19.1 Å². The molecule has 2 rings (SSSR count). The fraction of sp³-hybridized carbons (Fsp3) is 0.800. The third-order valence-electron chi connectivity index (χ3n) is 5.87. The van der Waals surface area contributed by atoms with Crippen molar-refractivity contribution in [3.8, 4) is 0 Å². The molecular formula is C20H37N5O2. The number of hydrogen-bond donors (Lipinski definition) is 3. The molecular weight excluding hydrogens is 342 g/mol. The van der Waals surface area contributed by atoms with E-state index < -0.39 is 0 Å². The molecule has 1 saturated carbocycles. The molecule has 1 unspecified atom stereocenters. The van der Waals surface area contributed by atoms with Crippen molar-refractivity contribution in [1.82, 2.24) is 25.7 Å². The highest BCUT2D eigenvalue weighted by molar-refractivity contribution is 5.79. The third-order valence-corrected chi connectivity index (χ3v) is 5.87. The van der Waals surface area contributed by atoms with E-state index in [1.54, 1.807) is 7.11 Å². The van der Waals surface area contributed by atoms with E-state index in [-0.39, 0.29) is 17.2 Å². The topological polar surface area (TPSA) is 82.3 Å². The van der Waals surface area contributed by atoms with Crippen molar-refractivity contribution >= 4 is 5.91 Å². The normalized spacial score (nSPS) is 22.1. The van der Waals surface area contributed by atoms with Gasteiger partial charge in [0.2, 0.25) is 5.91 Å². The maximum Gasteiger partial charge on any atom is 0.223 e. The predicted molar refractivity (Wildman–Crippen MR) is 108 cm³/mol. The Morgan fingerprint density at radius 2 is 2.22 bits per heavy atom. The summed E-state index contributed by atoms with van der Waals surface area (Å²) in [6.45, 7) is 8.36. The first kappa shape index (κ1) is 21.9. The summed E-state index contributed by atoms with van der Waals surface area (Å²) in [5.74, 6) is 0.506. The molecule has 0 aromatic carbocycles. The van der Waals surface area contributed by atoms with Crippen molar-refractivity contribution in [2.45, 2.75) is 45.6 Å². The number of ether oxygens (including phenoxy) is 1. The molecule has 2 atom stereocenters. The van der Waals surface area contributed by atoms with Crippen LogP contribution in [0.2, 0.25) is 0 Å². The molecule has 0 aliphatic heterocycles. The Bertz CT molecular complexity index is 587. The molecule has 1 heterocycles. The van der Waals surface area contributed by atoms with Crippen LogP contribution >= 0.6 is 0 Å². The van der Waals surface area contributed by atoms with Crippen LogP contribution in [0.1, 0.15) is 50.3 Å². The molecule has 7 heteroatoms. The third kappa shape index (κ3) is 6.02. The number of likely N-dealkylation sites (N-methyl/N-ethyl adjacent to an activating group) is 2. The second-order valence-electron chi connectivity index (χ2n) is 8.45. The van der Waals surface area contributed by atoms with E-state index in [2.05, 4.69) is 46.6 Å². The summed E-state index contributed by atoms with van der Waals surface area (Å²) in [4.78, 5) is 15.1. The van der Waals surface area contributed by atoms with Crippen molar-refractivity contribution in [3.05, 3.63) is 17.5 Å². The summed E-state index contributed by atoms with van der Waals surface area (Å²) >= 11 is 0. The lowest BCUT2D eigenvalue weighted by atomic mass is 9.64. The van der Waals surface area contributed by atoms with Gasteiger partial charge in [0, 0.05) is 56.4 Å². The van der Waals surface area contributed by atoms with E-state index in [9.17, 15) is 4.79 Å². The van der Waals surface area contributed by atoms with Crippen molar-refractivity contribution in [2.24, 2.45) is 11.3 Å². The molecule has 7 nitrogen and oxygen atoms in total. The number of carbonyl (C=O) groups excluding carboxylic acids is 1. The van der Waals surface area contributed by atoms with Crippen LogP contribution in [0.4, 0.5) is 0 Å². The highest BCUT2D eigenvalue weighted by Crippen LogP contribution is 2.47. The molecule has 0 saturated heterocycles. The number of aromatic nitrogens is 2. The van der Waals surface area contributed by atoms with Crippen LogP contribution in [0.5, 0.6) is 0 Å². The van der Waals surface area contributed by atoms with Gasteiger partial charge in [-0.3, -0.25) is 9.89 Å². The van der Waals surface area contributed by atoms with Gasteiger partial charge in [0.15, 0.2) is 0 Å². The monoisotopic (exact) mass is 379 g/mol. The fourth-order valence-electron chi connectivity index (χ4n) is 4.04. The molecule has 1 aliphatic rings. The van der Waals surface area contributed by atoms with Gasteiger partial charge in [0.1, 0.15) is 0 Å². The van der Waals surface area contributed by atoms with Crippen molar-refractivity contribution < 1.29 is 9.53 Å². The molecule has 27 heavy (non-hydrogen) atoms. The van der Waals surface area contributed by atoms with E-state index >= 15 is 0 Å². The van der Waals surface area contributed by atoms with Crippen LogP contribution in [-0.4, -0.2) is 68.5 Å². The molecule has 1 aromatic rings. The lowest BCUT2D eigenvalue weighted by molar-refractivity contribution is -0.130. The van der Waals surface area contributed by atoms with E-state index in [0.717, 1.165) is 38.9 Å². The molecule has 0 bridgehead atoms. The van der Waals surface area contributed by atoms with Crippen LogP contribution in [0, 0.1) is 11.3 Å². The van der Waals surface area contributed by atoms with Crippen molar-refractivity contribution in [2.75, 3.05) is 47.4 Å². The van der Waals surface area contributed by atoms with Crippen LogP contribution in [0.25, 0.3) is 0 Å². The minimum Gasteiger partial charge on any atom is -0.383 e. The first-order chi connectivity index (χ1) is 12.9. The highest BCUT2D eigenvalue weighted by atomic mass is 16.5. The SMILES string of the molecule is CNCCN(C)Cc1cn[nH]c1C1CCC(C)(C)[C@@H](C(=O)NCCOC)C1. The Kier molecular flexibility index (Phi) is 8.26. The Morgan fingerprint density at radius 1 is 1.44 bits per heavy atom. The Morgan fingerprint density at radius 3 is 2.93 bits per heavy atom. The van der Waals surface area contributed by atoms with Gasteiger partial charge in [-0.05, 0) is 38.8 Å². The summed E-state index contributed by atoms with van der Waals surface area (Å²) in [6.07, 6.45) is 4.93. The maximum atomic E-state index is 12.8. The van der Waals surface area contributed by atoms with Gasteiger partial charge >= 0.3 is 0 Å². The van der Waals surface area contributed by atoms with Gasteiger partial charge in [0.25, 0.3) is 0 Å². The number of hydrogen-bond acceptors (Lipinski definition) is 5. The van der Waals surface area contributed by atoms with Gasteiger partial charge in [-0.1, -0.05) is 13.8 Å². The van der Waals surface area contributed by atoms with Crippen LogP contribution in [-0.2, 0) is 16.1 Å². The summed E-state index contributed by atoms with van der Waals surface area (Å²) in [7, 11) is 5.75. The van der Waals surface area contributed by atoms with Crippen LogP contribution < -0.4 is 10.6 Å². The zero-order valence-corrected chi connectivity index (χ0v) is 17.6. The van der Waals surface area contributed by atoms with Gasteiger partial charge in [-0.25, -0.2) is 0 Å². The largest absolute Gasteiger partial charge is 0.383 e. The summed E-state index contributed by atoms with van der Waals surface area (Å²) < 4.78 is 5.06. The molecule has 0 radical (unpaired) electrons. The number of H-pyrrole nitrogens is 1. The van der Waals surface area contributed by atoms with Crippen molar-refractivity contribution in [1.29, 1.82) is 0 Å². The Hall–Kier alpha value is -1.44. The van der Waals surface area contributed by atoms with E-state index in [1.807, 2.05) is 13.2 Å². The molecule has 3 N–H and O–H groups in total. The number of nitrogens with zero attached hydrogens (tertiary/aromatic N) is 2. The Balaban J connectivity index is 2.05. The molecule has 154 valence electrons. The number of nitrogens with one attached hydrogen (secondary N) is 3. The molecule has 1 aliphatic carbocycles. The van der Waals surface area contributed by atoms with E-state index in [4.69, 9.17) is 4.74 Å². The smallest absolute Gasteiger partial charge is 0.223 e. The minimum atomic E-state index is 0.00581. The van der Waals surface area contributed by atoms with Gasteiger partial charge in [-0.2, -0.15) is 5.10 Å². The summed E-state index contributed by atoms with van der Waals surface area (Å²) in [5.41, 5.74) is 2.46. The summed E-state index contributed by atoms with van der Waals surface area (Å²) in [5, 5.41) is 13.8. The summed E-state index contributed by atoms with van der Waals surface area (Å²) in [6, 6.07) is 0. The number of aromatic amines is 1. The number of rotatable bonds is 10. The van der Waals surface area contributed by atoms with Gasteiger partial charge < -0.3 is 20.3 Å².